The third kappa shape index (κ3) is 4.05. The van der Waals surface area contributed by atoms with Crippen LogP contribution in [0.25, 0.3) is 10.9 Å². The van der Waals surface area contributed by atoms with E-state index in [2.05, 4.69) is 20.1 Å². The van der Waals surface area contributed by atoms with Crippen LogP contribution in [0.5, 0.6) is 5.75 Å². The molecule has 0 spiro atoms. The van der Waals surface area contributed by atoms with Crippen LogP contribution in [0.3, 0.4) is 0 Å². The molecule has 3 aromatic rings. The molecule has 0 saturated carbocycles. The van der Waals surface area contributed by atoms with Gasteiger partial charge in [-0.05, 0) is 37.2 Å². The van der Waals surface area contributed by atoms with Crippen molar-refractivity contribution in [3.8, 4) is 5.75 Å². The predicted octanol–water partition coefficient (Wildman–Crippen LogP) is 2.27. The second kappa shape index (κ2) is 8.49. The first-order chi connectivity index (χ1) is 15.9. The van der Waals surface area contributed by atoms with Crippen molar-refractivity contribution in [2.45, 2.75) is 20.0 Å². The number of hydrogen-bond acceptors (Lipinski definition) is 7. The van der Waals surface area contributed by atoms with Gasteiger partial charge >= 0.3 is 0 Å². The molecule has 33 heavy (non-hydrogen) atoms. The summed E-state index contributed by atoms with van der Waals surface area (Å²) in [6, 6.07) is 7.07. The fraction of sp³-hybridized carbons (Fsp3) is 0.375. The Morgan fingerprint density at radius 3 is 2.73 bits per heavy atom. The fourth-order valence-corrected chi connectivity index (χ4v) is 4.56. The predicted molar refractivity (Wildman–Crippen MR) is 126 cm³/mol. The van der Waals surface area contributed by atoms with Gasteiger partial charge in [-0.2, -0.15) is 0 Å². The van der Waals surface area contributed by atoms with Crippen LogP contribution < -0.4 is 20.5 Å². The molecule has 1 fully saturated rings. The number of nitrogens with one attached hydrogen (secondary N) is 2. The molecule has 0 unspecified atom stereocenters. The minimum atomic E-state index is -0.232. The van der Waals surface area contributed by atoms with Crippen LogP contribution in [-0.2, 0) is 17.8 Å². The highest BCUT2D eigenvalue weighted by molar-refractivity contribution is 6.09. The molecule has 2 aliphatic heterocycles. The van der Waals surface area contributed by atoms with Gasteiger partial charge in [-0.15, -0.1) is 0 Å². The van der Waals surface area contributed by atoms with Crippen LogP contribution >= 0.6 is 0 Å². The van der Waals surface area contributed by atoms with Crippen LogP contribution in [0.1, 0.15) is 27.2 Å². The Bertz CT molecular complexity index is 1300. The summed E-state index contributed by atoms with van der Waals surface area (Å²) in [5.74, 6) is 0.952. The van der Waals surface area contributed by atoms with E-state index in [0.717, 1.165) is 35.3 Å². The molecule has 172 valence electrons. The summed E-state index contributed by atoms with van der Waals surface area (Å²) in [7, 11) is 3.59. The fourth-order valence-electron chi connectivity index (χ4n) is 4.56. The molecule has 2 aromatic heterocycles. The normalized spacial score (nSPS) is 16.2. The monoisotopic (exact) mass is 449 g/mol. The first kappa shape index (κ1) is 21.4. The number of H-pyrrole nitrogens is 1. The maximum absolute atomic E-state index is 13.5. The van der Waals surface area contributed by atoms with Crippen molar-refractivity contribution in [2.24, 2.45) is 0 Å². The topological polar surface area (TPSA) is 99.8 Å². The summed E-state index contributed by atoms with van der Waals surface area (Å²) >= 11 is 0. The number of anilines is 2. The zero-order chi connectivity index (χ0) is 23.1. The number of methoxy groups -OCH3 is 1. The van der Waals surface area contributed by atoms with Gasteiger partial charge in [0.05, 0.1) is 37.1 Å². The molecule has 2 aliphatic rings. The molecule has 0 radical (unpaired) electrons. The Hall–Kier alpha value is -3.43. The van der Waals surface area contributed by atoms with E-state index in [1.54, 1.807) is 13.2 Å². The van der Waals surface area contributed by atoms with Crippen LogP contribution in [0, 0.1) is 6.92 Å². The lowest BCUT2D eigenvalue weighted by Crippen LogP contribution is -2.38. The number of aromatic nitrogens is 2. The summed E-state index contributed by atoms with van der Waals surface area (Å²) < 4.78 is 11.0. The molecule has 1 aromatic carbocycles. The molecule has 0 aliphatic carbocycles. The average molecular weight is 450 g/mol. The molecule has 9 nitrogen and oxygen atoms in total. The number of morpholine rings is 1. The maximum atomic E-state index is 13.5. The standard InChI is InChI=1S/C24H27N5O4/c1-14-8-21(30)27-22-17(14)10-16(11-20(22)32-3)25-24(31)18-9-15-12-28(2)13-19(15)26-23(18)29-4-6-33-7-5-29/h8-11H,4-7,12-13H2,1-3H3,(H,25,31)(H,27,30). The number of carbonyl (C=O) groups is 1. The second-order valence-corrected chi connectivity index (χ2v) is 8.61. The van der Waals surface area contributed by atoms with E-state index in [1.807, 2.05) is 26.1 Å². The van der Waals surface area contributed by atoms with Crippen LogP contribution in [0.15, 0.2) is 29.1 Å². The first-order valence-electron chi connectivity index (χ1n) is 11.0. The number of amides is 1. The number of nitrogens with zero attached hydrogens (tertiary/aromatic N) is 3. The van der Waals surface area contributed by atoms with Crippen LogP contribution in [0.4, 0.5) is 11.5 Å². The lowest BCUT2D eigenvalue weighted by molar-refractivity contribution is 0.102. The van der Waals surface area contributed by atoms with E-state index in [4.69, 9.17) is 14.5 Å². The summed E-state index contributed by atoms with van der Waals surface area (Å²) in [5, 5.41) is 3.84. The Kier molecular flexibility index (Phi) is 5.51. The van der Waals surface area contributed by atoms with Gasteiger partial charge in [0, 0.05) is 49.4 Å². The number of aryl methyl sites for hydroxylation is 1. The second-order valence-electron chi connectivity index (χ2n) is 8.61. The number of carbonyl (C=O) groups excluding carboxylic acids is 1. The number of benzene rings is 1. The number of fused-ring (bicyclic) bond motifs is 2. The average Bonchev–Trinajstić information content (AvgIpc) is 3.17. The van der Waals surface area contributed by atoms with Gasteiger partial charge in [0.15, 0.2) is 0 Å². The molecule has 0 atom stereocenters. The van der Waals surface area contributed by atoms with Gasteiger partial charge in [-0.3, -0.25) is 14.5 Å². The summed E-state index contributed by atoms with van der Waals surface area (Å²) in [6.45, 7) is 6.00. The van der Waals surface area contributed by atoms with Crippen molar-refractivity contribution < 1.29 is 14.3 Å². The van der Waals surface area contributed by atoms with Gasteiger partial charge in [0.25, 0.3) is 5.91 Å². The molecule has 1 amide bonds. The van der Waals surface area contributed by atoms with E-state index in [1.165, 1.54) is 6.07 Å². The maximum Gasteiger partial charge on any atom is 0.259 e. The lowest BCUT2D eigenvalue weighted by Gasteiger charge is -2.29. The Morgan fingerprint density at radius 2 is 1.97 bits per heavy atom. The summed E-state index contributed by atoms with van der Waals surface area (Å²) in [4.78, 5) is 37.5. The zero-order valence-electron chi connectivity index (χ0n) is 19.0. The van der Waals surface area contributed by atoms with Crippen LogP contribution in [-0.4, -0.2) is 61.2 Å². The number of aromatic amines is 1. The number of pyridine rings is 2. The van der Waals surface area contributed by atoms with E-state index >= 15 is 0 Å². The highest BCUT2D eigenvalue weighted by Crippen LogP contribution is 2.32. The minimum absolute atomic E-state index is 0.195. The van der Waals surface area contributed by atoms with Gasteiger partial charge in [-0.25, -0.2) is 4.98 Å². The van der Waals surface area contributed by atoms with Gasteiger partial charge in [-0.1, -0.05) is 0 Å². The number of rotatable bonds is 4. The SMILES string of the molecule is COc1cc(NC(=O)c2cc3c(nc2N2CCOCC2)CN(C)C3)cc2c(C)cc(=O)[nH]c12. The molecule has 2 N–H and O–H groups in total. The van der Waals surface area contributed by atoms with Crippen LogP contribution in [0.2, 0.25) is 0 Å². The number of hydrogen-bond donors (Lipinski definition) is 2. The first-order valence-corrected chi connectivity index (χ1v) is 11.0. The largest absolute Gasteiger partial charge is 0.494 e. The minimum Gasteiger partial charge on any atom is -0.494 e. The van der Waals surface area contributed by atoms with Crippen molar-refractivity contribution in [3.05, 3.63) is 57.0 Å². The third-order valence-corrected chi connectivity index (χ3v) is 6.19. The van der Waals surface area contributed by atoms with E-state index in [0.29, 0.717) is 54.6 Å². The van der Waals surface area contributed by atoms with Crippen molar-refractivity contribution in [3.63, 3.8) is 0 Å². The van der Waals surface area contributed by atoms with Crippen molar-refractivity contribution in [2.75, 3.05) is 50.7 Å². The van der Waals surface area contributed by atoms with Gasteiger partial charge in [0.1, 0.15) is 11.6 Å². The van der Waals surface area contributed by atoms with E-state index in [-0.39, 0.29) is 11.5 Å². The highest BCUT2D eigenvalue weighted by atomic mass is 16.5. The molecule has 1 saturated heterocycles. The molecule has 5 rings (SSSR count). The Balaban J connectivity index is 1.54. The number of ether oxygens (including phenoxy) is 2. The van der Waals surface area contributed by atoms with Crippen molar-refractivity contribution in [1.29, 1.82) is 0 Å². The van der Waals surface area contributed by atoms with Crippen molar-refractivity contribution in [1.82, 2.24) is 14.9 Å². The molecular weight excluding hydrogens is 422 g/mol. The third-order valence-electron chi connectivity index (χ3n) is 6.19. The Labute approximate surface area is 191 Å². The van der Waals surface area contributed by atoms with Gasteiger partial charge in [0.2, 0.25) is 5.56 Å². The molecular formula is C24H27N5O4. The van der Waals surface area contributed by atoms with Gasteiger partial charge < -0.3 is 24.7 Å². The summed E-state index contributed by atoms with van der Waals surface area (Å²) in [5.41, 5.74) is 4.44. The smallest absolute Gasteiger partial charge is 0.259 e. The van der Waals surface area contributed by atoms with E-state index < -0.39 is 0 Å². The molecule has 4 heterocycles. The summed E-state index contributed by atoms with van der Waals surface area (Å²) in [6.07, 6.45) is 0. The van der Waals surface area contributed by atoms with E-state index in [9.17, 15) is 9.59 Å². The zero-order valence-corrected chi connectivity index (χ0v) is 19.0. The lowest BCUT2D eigenvalue weighted by atomic mass is 10.1. The Morgan fingerprint density at radius 1 is 1.18 bits per heavy atom. The molecule has 9 heteroatoms. The quantitative estimate of drug-likeness (QED) is 0.630. The molecule has 0 bridgehead atoms. The highest BCUT2D eigenvalue weighted by Gasteiger charge is 2.26. The van der Waals surface area contributed by atoms with Crippen molar-refractivity contribution >= 4 is 28.3 Å².